The number of benzene rings is 2. The van der Waals surface area contributed by atoms with E-state index in [1.54, 1.807) is 0 Å². The number of ether oxygens (including phenoxy) is 1. The molecule has 0 bridgehead atoms. The molecule has 7 nitrogen and oxygen atoms in total. The number of nitrogens with one attached hydrogen (secondary N) is 2. The van der Waals surface area contributed by atoms with Gasteiger partial charge in [-0.05, 0) is 55.5 Å². The van der Waals surface area contributed by atoms with Crippen molar-refractivity contribution < 1.29 is 50.6 Å². The quantitative estimate of drug-likeness (QED) is 0.174. The Morgan fingerprint density at radius 1 is 1.00 bits per heavy atom. The second kappa shape index (κ2) is 12.6. The minimum Gasteiger partial charge on any atom is -0.480 e. The number of piperidine rings is 1. The molecule has 1 heterocycles. The van der Waals surface area contributed by atoms with Gasteiger partial charge in [0.25, 0.3) is 0 Å². The molecule has 39 heavy (non-hydrogen) atoms. The highest BCUT2D eigenvalue weighted by molar-refractivity contribution is 6.12. The summed E-state index contributed by atoms with van der Waals surface area (Å²) >= 11 is 0. The molecule has 1 unspecified atom stereocenters. The summed E-state index contributed by atoms with van der Waals surface area (Å²) in [6.07, 6.45) is -8.50. The van der Waals surface area contributed by atoms with Crippen LogP contribution in [0.25, 0.3) is 0 Å². The number of aliphatic carboxylic acids is 1. The highest BCUT2D eigenvalue weighted by Gasteiger charge is 2.39. The molecule has 3 N–H and O–H groups in total. The van der Waals surface area contributed by atoms with Crippen LogP contribution >= 0.6 is 0 Å². The van der Waals surface area contributed by atoms with Crippen molar-refractivity contribution in [3.63, 3.8) is 0 Å². The largest absolute Gasteiger partial charge is 0.480 e. The first kappa shape index (κ1) is 30.1. The maximum Gasteiger partial charge on any atom is 0.416 e. The second-order valence-corrected chi connectivity index (χ2v) is 9.23. The average Bonchev–Trinajstić information content (AvgIpc) is 2.87. The molecule has 2 aromatic rings. The Morgan fingerprint density at radius 3 is 2.18 bits per heavy atom. The third-order valence-electron chi connectivity index (χ3n) is 6.22. The topological polar surface area (TPSA) is 105 Å². The maximum absolute atomic E-state index is 13.2. The Bertz CT molecular complexity index is 1140. The first-order valence-corrected chi connectivity index (χ1v) is 12.0. The first-order valence-electron chi connectivity index (χ1n) is 12.0. The number of alkyl halides is 6. The SMILES string of the molecule is O=C(O)CNC(C(=O)OC[C@H]1CCN[C@@H](Cc2ccccc2)C1)C(=O)c1cc(C(F)(F)F)cc(C(F)(F)F)c1. The van der Waals surface area contributed by atoms with Crippen LogP contribution in [-0.2, 0) is 33.1 Å². The molecule has 3 atom stereocenters. The lowest BCUT2D eigenvalue weighted by atomic mass is 9.90. The van der Waals surface area contributed by atoms with Crippen molar-refractivity contribution in [1.29, 1.82) is 0 Å². The fourth-order valence-corrected chi connectivity index (χ4v) is 4.32. The summed E-state index contributed by atoms with van der Waals surface area (Å²) < 4.78 is 84.7. The Balaban J connectivity index is 1.75. The molecule has 0 radical (unpaired) electrons. The summed E-state index contributed by atoms with van der Waals surface area (Å²) in [5, 5.41) is 14.4. The molecular formula is C26H26F6N2O5. The summed E-state index contributed by atoms with van der Waals surface area (Å²) in [5.74, 6) is -4.43. The predicted octanol–water partition coefficient (Wildman–Crippen LogP) is 4.10. The minimum absolute atomic E-state index is 0.0679. The summed E-state index contributed by atoms with van der Waals surface area (Å²) in [7, 11) is 0. The molecule has 1 aliphatic heterocycles. The van der Waals surface area contributed by atoms with Gasteiger partial charge in [0.05, 0.1) is 24.3 Å². The van der Waals surface area contributed by atoms with Gasteiger partial charge < -0.3 is 15.2 Å². The number of halogens is 6. The Morgan fingerprint density at radius 2 is 1.62 bits per heavy atom. The Kier molecular flexibility index (Phi) is 9.73. The zero-order valence-corrected chi connectivity index (χ0v) is 20.4. The third kappa shape index (κ3) is 8.79. The van der Waals surface area contributed by atoms with Crippen molar-refractivity contribution in [2.75, 3.05) is 19.7 Å². The zero-order valence-electron chi connectivity index (χ0n) is 20.4. The molecule has 1 aliphatic rings. The van der Waals surface area contributed by atoms with E-state index >= 15 is 0 Å². The van der Waals surface area contributed by atoms with E-state index in [0.717, 1.165) is 5.56 Å². The highest BCUT2D eigenvalue weighted by Crippen LogP contribution is 2.36. The Labute approximate surface area is 219 Å². The monoisotopic (exact) mass is 560 g/mol. The molecule has 0 aromatic heterocycles. The number of hydrogen-bond donors (Lipinski definition) is 3. The fraction of sp³-hybridized carbons (Fsp3) is 0.423. The van der Waals surface area contributed by atoms with Crippen LogP contribution in [-0.4, -0.2) is 54.6 Å². The molecule has 13 heteroatoms. The fourth-order valence-electron chi connectivity index (χ4n) is 4.32. The van der Waals surface area contributed by atoms with Crippen LogP contribution in [0, 0.1) is 5.92 Å². The summed E-state index contributed by atoms with van der Waals surface area (Å²) in [6.45, 7) is -0.520. The average molecular weight is 560 g/mol. The number of carbonyl (C=O) groups excluding carboxylic acids is 2. The summed E-state index contributed by atoms with van der Waals surface area (Å²) in [6, 6.07) is 7.77. The molecule has 1 saturated heterocycles. The van der Waals surface area contributed by atoms with E-state index in [0.29, 0.717) is 25.8 Å². The number of carboxylic acid groups (broad SMARTS) is 1. The van der Waals surface area contributed by atoms with E-state index in [2.05, 4.69) is 10.6 Å². The molecule has 3 rings (SSSR count). The first-order chi connectivity index (χ1) is 18.2. The van der Waals surface area contributed by atoms with Crippen LogP contribution in [0.5, 0.6) is 0 Å². The lowest BCUT2D eigenvalue weighted by Crippen LogP contribution is -2.47. The van der Waals surface area contributed by atoms with E-state index in [-0.39, 0.29) is 36.8 Å². The number of carboxylic acids is 1. The molecule has 212 valence electrons. The van der Waals surface area contributed by atoms with Crippen molar-refractivity contribution in [3.8, 4) is 0 Å². The number of hydrogen-bond acceptors (Lipinski definition) is 6. The second-order valence-electron chi connectivity index (χ2n) is 9.23. The summed E-state index contributed by atoms with van der Waals surface area (Å²) in [4.78, 5) is 36.8. The van der Waals surface area contributed by atoms with Gasteiger partial charge in [0.1, 0.15) is 0 Å². The van der Waals surface area contributed by atoms with E-state index < -0.39 is 59.4 Å². The maximum atomic E-state index is 13.2. The van der Waals surface area contributed by atoms with Crippen molar-refractivity contribution in [1.82, 2.24) is 10.6 Å². The standard InChI is InChI=1S/C26H26F6N2O5/c27-25(28,29)18-10-17(11-19(12-18)26(30,31)32)23(37)22(34-13-21(35)36)24(38)39-14-16-6-7-33-20(9-16)8-15-4-2-1-3-5-15/h1-5,10-12,16,20,22,33-34H,6-9,13-14H2,(H,35,36)/t16-,20-,22?/m0/s1. The Hall–Kier alpha value is -3.45. The van der Waals surface area contributed by atoms with Crippen LogP contribution in [0.4, 0.5) is 26.3 Å². The van der Waals surface area contributed by atoms with Crippen LogP contribution in [0.1, 0.15) is 39.9 Å². The number of carbonyl (C=O) groups is 3. The van der Waals surface area contributed by atoms with Gasteiger partial charge in [0.2, 0.25) is 0 Å². The van der Waals surface area contributed by atoms with Crippen LogP contribution in [0.2, 0.25) is 0 Å². The smallest absolute Gasteiger partial charge is 0.416 e. The summed E-state index contributed by atoms with van der Waals surface area (Å²) in [5.41, 5.74) is -3.47. The third-order valence-corrected chi connectivity index (χ3v) is 6.22. The van der Waals surface area contributed by atoms with Crippen molar-refractivity contribution in [2.24, 2.45) is 5.92 Å². The highest BCUT2D eigenvalue weighted by atomic mass is 19.4. The predicted molar refractivity (Wildman–Crippen MR) is 126 cm³/mol. The van der Waals surface area contributed by atoms with E-state index in [4.69, 9.17) is 9.84 Å². The van der Waals surface area contributed by atoms with E-state index in [1.165, 1.54) is 0 Å². The molecule has 2 aromatic carbocycles. The van der Waals surface area contributed by atoms with Gasteiger partial charge >= 0.3 is 24.3 Å². The van der Waals surface area contributed by atoms with Gasteiger partial charge in [-0.1, -0.05) is 30.3 Å². The van der Waals surface area contributed by atoms with Crippen LogP contribution in [0.3, 0.4) is 0 Å². The van der Waals surface area contributed by atoms with Gasteiger partial charge in [0.15, 0.2) is 11.8 Å². The molecular weight excluding hydrogens is 534 g/mol. The van der Waals surface area contributed by atoms with Crippen LogP contribution in [0.15, 0.2) is 48.5 Å². The van der Waals surface area contributed by atoms with Gasteiger partial charge in [-0.2, -0.15) is 26.3 Å². The molecule has 0 aliphatic carbocycles. The van der Waals surface area contributed by atoms with Crippen molar-refractivity contribution in [2.45, 2.75) is 43.7 Å². The normalized spacial score (nSPS) is 18.8. The van der Waals surface area contributed by atoms with Gasteiger partial charge in [0, 0.05) is 11.6 Å². The molecule has 0 saturated carbocycles. The van der Waals surface area contributed by atoms with Crippen molar-refractivity contribution in [3.05, 3.63) is 70.8 Å². The van der Waals surface area contributed by atoms with Crippen molar-refractivity contribution >= 4 is 17.7 Å². The minimum atomic E-state index is -5.22. The lowest BCUT2D eigenvalue weighted by molar-refractivity contribution is -0.147. The number of Topliss-reactive ketones (excluding diaryl/α,β-unsaturated/α-hetero) is 1. The van der Waals surface area contributed by atoms with E-state index in [9.17, 15) is 40.7 Å². The molecule has 0 amide bonds. The lowest BCUT2D eigenvalue weighted by Gasteiger charge is -2.30. The zero-order chi connectivity index (χ0) is 28.8. The van der Waals surface area contributed by atoms with Gasteiger partial charge in [-0.3, -0.25) is 14.9 Å². The number of ketones is 1. The molecule has 1 fully saturated rings. The van der Waals surface area contributed by atoms with Gasteiger partial charge in [-0.25, -0.2) is 4.79 Å². The molecule has 0 spiro atoms. The van der Waals surface area contributed by atoms with E-state index in [1.807, 2.05) is 30.3 Å². The van der Waals surface area contributed by atoms with Gasteiger partial charge in [-0.15, -0.1) is 0 Å². The number of rotatable bonds is 10. The number of esters is 1. The van der Waals surface area contributed by atoms with Crippen LogP contribution < -0.4 is 10.6 Å².